The van der Waals surface area contributed by atoms with Crippen LogP contribution in [0.1, 0.15) is 206 Å². The summed E-state index contributed by atoms with van der Waals surface area (Å²) in [5.74, 6) is -0.863. The van der Waals surface area contributed by atoms with Crippen LogP contribution in [0.4, 0.5) is 0 Å². The van der Waals surface area contributed by atoms with Crippen molar-refractivity contribution in [1.29, 1.82) is 0 Å². The number of allylic oxidation sites excluding steroid dienone is 20. The van der Waals surface area contributed by atoms with Gasteiger partial charge in [0.1, 0.15) is 19.8 Å². The Hall–Kier alpha value is -3.59. The lowest BCUT2D eigenvalue weighted by atomic mass is 10.1. The predicted molar refractivity (Wildman–Crippen MR) is 305 cm³/mol. The highest BCUT2D eigenvalue weighted by molar-refractivity contribution is 7.45. The van der Waals surface area contributed by atoms with Gasteiger partial charge in [0, 0.05) is 12.8 Å². The molecule has 0 rings (SSSR count). The maximum atomic E-state index is 12.8. The number of nitrogens with zero attached hydrogens (tertiary/aromatic N) is 1. The fraction of sp³-hybridized carbons (Fsp3) is 0.645. The Morgan fingerprint density at radius 1 is 0.431 bits per heavy atom. The topological polar surface area (TPSA) is 111 Å². The lowest BCUT2D eigenvalue weighted by Crippen LogP contribution is -2.37. The van der Waals surface area contributed by atoms with E-state index in [4.69, 9.17) is 18.5 Å². The predicted octanol–water partition coefficient (Wildman–Crippen LogP) is 17.0. The van der Waals surface area contributed by atoms with E-state index in [1.165, 1.54) is 38.5 Å². The smallest absolute Gasteiger partial charge is 0.306 e. The van der Waals surface area contributed by atoms with Crippen LogP contribution in [0.15, 0.2) is 122 Å². The zero-order valence-electron chi connectivity index (χ0n) is 46.3. The van der Waals surface area contributed by atoms with Gasteiger partial charge in [0.25, 0.3) is 7.82 Å². The molecule has 10 heteroatoms. The van der Waals surface area contributed by atoms with Crippen LogP contribution < -0.4 is 4.89 Å². The number of phosphoric ester groups is 1. The van der Waals surface area contributed by atoms with Gasteiger partial charge < -0.3 is 27.9 Å². The zero-order valence-corrected chi connectivity index (χ0v) is 47.2. The third-order valence-electron chi connectivity index (χ3n) is 11.5. The first-order valence-corrected chi connectivity index (χ1v) is 29.7. The van der Waals surface area contributed by atoms with Crippen molar-refractivity contribution >= 4 is 19.8 Å². The molecular formula is C62H104NO8P. The van der Waals surface area contributed by atoms with E-state index in [9.17, 15) is 19.0 Å². The van der Waals surface area contributed by atoms with Crippen molar-refractivity contribution in [3.8, 4) is 0 Å². The van der Waals surface area contributed by atoms with Gasteiger partial charge in [-0.1, -0.05) is 212 Å². The first-order valence-electron chi connectivity index (χ1n) is 28.2. The van der Waals surface area contributed by atoms with Gasteiger partial charge in [-0.15, -0.1) is 0 Å². The molecule has 0 aromatic rings. The Morgan fingerprint density at radius 3 is 1.11 bits per heavy atom. The number of hydrogen-bond donors (Lipinski definition) is 0. The molecule has 0 aliphatic heterocycles. The molecule has 0 heterocycles. The van der Waals surface area contributed by atoms with Crippen LogP contribution in [0.3, 0.4) is 0 Å². The summed E-state index contributed by atoms with van der Waals surface area (Å²) in [5.41, 5.74) is 0. The number of carbonyl (C=O) groups excluding carboxylic acids is 2. The summed E-state index contributed by atoms with van der Waals surface area (Å²) < 4.78 is 34.1. The van der Waals surface area contributed by atoms with Crippen LogP contribution in [0, 0.1) is 0 Å². The number of esters is 2. The minimum absolute atomic E-state index is 0.0417. The molecule has 0 radical (unpaired) electrons. The molecule has 72 heavy (non-hydrogen) atoms. The van der Waals surface area contributed by atoms with E-state index in [2.05, 4.69) is 135 Å². The normalized spacial score (nSPS) is 14.2. The van der Waals surface area contributed by atoms with E-state index in [0.29, 0.717) is 17.4 Å². The number of likely N-dealkylation sites (N-methyl/N-ethyl adjacent to an activating group) is 1. The van der Waals surface area contributed by atoms with Crippen molar-refractivity contribution in [3.63, 3.8) is 0 Å². The molecule has 0 saturated carbocycles. The number of ether oxygens (including phenoxy) is 2. The Balaban J connectivity index is 4.27. The second-order valence-electron chi connectivity index (χ2n) is 19.5. The molecule has 0 aromatic carbocycles. The third kappa shape index (κ3) is 55.7. The second kappa shape index (κ2) is 52.3. The van der Waals surface area contributed by atoms with Crippen molar-refractivity contribution in [2.45, 2.75) is 213 Å². The van der Waals surface area contributed by atoms with Gasteiger partial charge >= 0.3 is 11.9 Å². The van der Waals surface area contributed by atoms with Gasteiger partial charge in [0.15, 0.2) is 6.10 Å². The quantitative estimate of drug-likeness (QED) is 0.0195. The molecule has 0 N–H and O–H groups in total. The van der Waals surface area contributed by atoms with Crippen LogP contribution in [0.5, 0.6) is 0 Å². The Labute approximate surface area is 441 Å². The molecule has 2 unspecified atom stereocenters. The molecule has 410 valence electrons. The molecule has 2 atom stereocenters. The van der Waals surface area contributed by atoms with Gasteiger partial charge in [-0.25, -0.2) is 0 Å². The molecule has 0 aliphatic carbocycles. The Bertz CT molecular complexity index is 1630. The monoisotopic (exact) mass is 1020 g/mol. The fourth-order valence-corrected chi connectivity index (χ4v) is 7.91. The molecule has 0 saturated heterocycles. The number of rotatable bonds is 50. The largest absolute Gasteiger partial charge is 0.756 e. The number of unbranched alkanes of at least 4 members (excludes halogenated alkanes) is 16. The Kier molecular flexibility index (Phi) is 49.7. The first-order chi connectivity index (χ1) is 35.0. The standard InChI is InChI=1S/C62H104NO8P/c1-6-8-10-12-14-16-18-20-22-24-26-28-30-31-33-35-37-39-41-43-45-47-49-51-53-55-62(65)71-60(59-70-72(66,67)69-57-56-63(3,4)5)58-68-61(64)54-52-50-48-46-44-42-40-38-36-34-32-29-27-25-23-21-19-17-15-13-11-9-7-2/h8-11,14-17,20-23,26-29,31,33,37,39,60H,6-7,12-13,18-19,24-25,30,32,34-36,38,40-59H2,1-5H3/b10-8-,11-9-,16-14-,17-15-,22-20-,23-21-,28-26-,29-27-,33-31-,39-37-. The van der Waals surface area contributed by atoms with Crippen LogP contribution in [-0.2, 0) is 32.7 Å². The molecule has 0 fully saturated rings. The summed E-state index contributed by atoms with van der Waals surface area (Å²) in [6.07, 6.45) is 73.7. The molecule has 0 amide bonds. The summed E-state index contributed by atoms with van der Waals surface area (Å²) in [4.78, 5) is 37.9. The van der Waals surface area contributed by atoms with Crippen molar-refractivity contribution in [2.75, 3.05) is 47.5 Å². The van der Waals surface area contributed by atoms with Gasteiger partial charge in [0.2, 0.25) is 0 Å². The van der Waals surface area contributed by atoms with E-state index in [1.54, 1.807) is 0 Å². The summed E-state index contributed by atoms with van der Waals surface area (Å²) in [7, 11) is 1.13. The van der Waals surface area contributed by atoms with Crippen LogP contribution in [0.2, 0.25) is 0 Å². The summed E-state index contributed by atoms with van der Waals surface area (Å²) >= 11 is 0. The summed E-state index contributed by atoms with van der Waals surface area (Å²) in [5, 5.41) is 0. The maximum Gasteiger partial charge on any atom is 0.306 e. The van der Waals surface area contributed by atoms with E-state index < -0.39 is 32.5 Å². The number of hydrogen-bond acceptors (Lipinski definition) is 8. The van der Waals surface area contributed by atoms with Crippen LogP contribution >= 0.6 is 7.82 Å². The van der Waals surface area contributed by atoms with Crippen molar-refractivity contribution in [3.05, 3.63) is 122 Å². The number of carbonyl (C=O) groups is 2. The minimum atomic E-state index is -4.65. The number of quaternary nitrogens is 1. The van der Waals surface area contributed by atoms with Crippen LogP contribution in [0.25, 0.3) is 0 Å². The zero-order chi connectivity index (χ0) is 52.7. The van der Waals surface area contributed by atoms with Gasteiger partial charge in [-0.3, -0.25) is 14.2 Å². The van der Waals surface area contributed by atoms with Crippen LogP contribution in [-0.4, -0.2) is 70.0 Å². The van der Waals surface area contributed by atoms with E-state index in [1.807, 2.05) is 21.1 Å². The first kappa shape index (κ1) is 68.4. The van der Waals surface area contributed by atoms with Crippen molar-refractivity contribution < 1.29 is 42.1 Å². The average molecular weight is 1020 g/mol. The molecule has 0 aromatic heterocycles. The third-order valence-corrected chi connectivity index (χ3v) is 12.4. The minimum Gasteiger partial charge on any atom is -0.756 e. The highest BCUT2D eigenvalue weighted by Crippen LogP contribution is 2.38. The molecule has 0 bridgehead atoms. The highest BCUT2D eigenvalue weighted by atomic mass is 31.2. The molecule has 9 nitrogen and oxygen atoms in total. The van der Waals surface area contributed by atoms with E-state index >= 15 is 0 Å². The second-order valence-corrected chi connectivity index (χ2v) is 20.9. The van der Waals surface area contributed by atoms with E-state index in [-0.39, 0.29) is 26.1 Å². The fourth-order valence-electron chi connectivity index (χ4n) is 7.18. The van der Waals surface area contributed by atoms with Gasteiger partial charge in [-0.05, 0) is 103 Å². The molecule has 0 aliphatic rings. The van der Waals surface area contributed by atoms with Crippen molar-refractivity contribution in [1.82, 2.24) is 0 Å². The SMILES string of the molecule is CC/C=C\C/C=C\C/C=C\C/C=C\C/C=C\C/C=C\CCCCCCCCC(=O)OC(COC(=O)CCCCCCCCCCCC/C=C\C/C=C\C/C=C\C/C=C\CC)COP(=O)([O-])OCC[N+](C)(C)C. The molecule has 0 spiro atoms. The van der Waals surface area contributed by atoms with E-state index in [0.717, 1.165) is 135 Å². The van der Waals surface area contributed by atoms with Gasteiger partial charge in [0.05, 0.1) is 27.7 Å². The maximum absolute atomic E-state index is 12.8. The van der Waals surface area contributed by atoms with Gasteiger partial charge in [-0.2, -0.15) is 0 Å². The van der Waals surface area contributed by atoms with Crippen molar-refractivity contribution in [2.24, 2.45) is 0 Å². The lowest BCUT2D eigenvalue weighted by molar-refractivity contribution is -0.870. The lowest BCUT2D eigenvalue weighted by Gasteiger charge is -2.28. The summed E-state index contributed by atoms with van der Waals surface area (Å²) in [6.45, 7) is 3.98. The summed E-state index contributed by atoms with van der Waals surface area (Å²) in [6, 6.07) is 0. The Morgan fingerprint density at radius 2 is 0.750 bits per heavy atom. The highest BCUT2D eigenvalue weighted by Gasteiger charge is 2.21. The molecular weight excluding hydrogens is 918 g/mol. The average Bonchev–Trinajstić information content (AvgIpc) is 3.34. The number of phosphoric acid groups is 1.